The van der Waals surface area contributed by atoms with Gasteiger partial charge in [-0.2, -0.15) is 0 Å². The van der Waals surface area contributed by atoms with Crippen molar-refractivity contribution in [1.82, 2.24) is 15.6 Å². The first-order valence-corrected chi connectivity index (χ1v) is 14.7. The van der Waals surface area contributed by atoms with E-state index in [9.17, 15) is 14.4 Å². The fourth-order valence-electron chi connectivity index (χ4n) is 5.45. The number of benzene rings is 3. The number of methoxy groups -OCH3 is 1. The third kappa shape index (κ3) is 7.15. The van der Waals surface area contributed by atoms with Gasteiger partial charge < -0.3 is 29.6 Å². The van der Waals surface area contributed by atoms with Crippen LogP contribution in [0.2, 0.25) is 0 Å². The van der Waals surface area contributed by atoms with E-state index in [0.717, 1.165) is 46.0 Å². The number of H-pyrrole nitrogens is 1. The molecule has 0 saturated carbocycles. The first-order chi connectivity index (χ1) is 20.9. The number of hydrogen-bond acceptors (Lipinski definition) is 5. The van der Waals surface area contributed by atoms with E-state index >= 15 is 0 Å². The molecular formula is C35H37N3O5. The summed E-state index contributed by atoms with van der Waals surface area (Å²) in [6, 6.07) is 24.6. The van der Waals surface area contributed by atoms with Gasteiger partial charge in [-0.25, -0.2) is 0 Å². The molecule has 5 aromatic rings. The molecule has 0 unspecified atom stereocenters. The number of aromatic amines is 1. The smallest absolute Gasteiger partial charge is 0.287 e. The zero-order chi connectivity index (χ0) is 30.2. The molecule has 3 aromatic carbocycles. The Bertz CT molecular complexity index is 1720. The SMILES string of the molecule is COc1cccc2cc(C(=O)N[C@@H](CCCCCC(C)=O)C(=O)NCCc3c(-c4ccccc4)[nH]c4ccccc34)oc12. The maximum absolute atomic E-state index is 13.5. The second kappa shape index (κ2) is 13.9. The normalized spacial score (nSPS) is 11.9. The molecular weight excluding hydrogens is 542 g/mol. The molecule has 0 aliphatic heterocycles. The van der Waals surface area contributed by atoms with E-state index in [1.54, 1.807) is 26.2 Å². The average molecular weight is 580 g/mol. The van der Waals surface area contributed by atoms with Crippen LogP contribution in [0.1, 0.15) is 55.1 Å². The fourth-order valence-corrected chi connectivity index (χ4v) is 5.45. The lowest BCUT2D eigenvalue weighted by Crippen LogP contribution is -2.47. The Balaban J connectivity index is 1.29. The molecule has 1 atom stereocenters. The predicted octanol–water partition coefficient (Wildman–Crippen LogP) is 6.59. The first kappa shape index (κ1) is 29.6. The molecule has 8 heteroatoms. The Hall–Kier alpha value is -4.85. The van der Waals surface area contributed by atoms with E-state index < -0.39 is 11.9 Å². The van der Waals surface area contributed by atoms with Crippen LogP contribution in [-0.4, -0.2) is 42.3 Å². The summed E-state index contributed by atoms with van der Waals surface area (Å²) in [6.45, 7) is 1.98. The van der Waals surface area contributed by atoms with Gasteiger partial charge in [0.1, 0.15) is 11.8 Å². The van der Waals surface area contributed by atoms with Gasteiger partial charge in [0.25, 0.3) is 5.91 Å². The number of carbonyl (C=O) groups excluding carboxylic acids is 3. The van der Waals surface area contributed by atoms with Crippen molar-refractivity contribution in [2.75, 3.05) is 13.7 Å². The van der Waals surface area contributed by atoms with E-state index in [1.165, 1.54) is 0 Å². The van der Waals surface area contributed by atoms with Crippen molar-refractivity contribution in [3.8, 4) is 17.0 Å². The number of unbranched alkanes of at least 4 members (excludes halogenated alkanes) is 2. The maximum Gasteiger partial charge on any atom is 0.287 e. The highest BCUT2D eigenvalue weighted by atomic mass is 16.5. The Morgan fingerprint density at radius 2 is 1.72 bits per heavy atom. The van der Waals surface area contributed by atoms with Crippen LogP contribution in [0.25, 0.3) is 33.1 Å². The maximum atomic E-state index is 13.5. The van der Waals surface area contributed by atoms with Crippen LogP contribution in [0.4, 0.5) is 0 Å². The number of para-hydroxylation sites is 2. The Kier molecular flexibility index (Phi) is 9.56. The number of Topliss-reactive ketones (excluding diaryl/α,β-unsaturated/α-hetero) is 1. The van der Waals surface area contributed by atoms with Gasteiger partial charge in [0.15, 0.2) is 17.1 Å². The number of aromatic nitrogens is 1. The summed E-state index contributed by atoms with van der Waals surface area (Å²) in [5.74, 6) is 0.0681. The van der Waals surface area contributed by atoms with Crippen molar-refractivity contribution in [2.24, 2.45) is 0 Å². The van der Waals surface area contributed by atoms with Gasteiger partial charge in [-0.3, -0.25) is 9.59 Å². The predicted molar refractivity (Wildman–Crippen MR) is 168 cm³/mol. The Morgan fingerprint density at radius 3 is 2.51 bits per heavy atom. The number of nitrogens with one attached hydrogen (secondary N) is 3. The van der Waals surface area contributed by atoms with E-state index in [1.807, 2.05) is 42.5 Å². The molecule has 0 aliphatic rings. The van der Waals surface area contributed by atoms with Crippen molar-refractivity contribution >= 4 is 39.5 Å². The van der Waals surface area contributed by atoms with Crippen LogP contribution < -0.4 is 15.4 Å². The number of fused-ring (bicyclic) bond motifs is 2. The van der Waals surface area contributed by atoms with Gasteiger partial charge >= 0.3 is 0 Å². The zero-order valence-corrected chi connectivity index (χ0v) is 24.6. The molecule has 5 rings (SSSR count). The molecule has 0 spiro atoms. The highest BCUT2D eigenvalue weighted by Gasteiger charge is 2.24. The third-order valence-corrected chi connectivity index (χ3v) is 7.65. The van der Waals surface area contributed by atoms with Gasteiger partial charge in [-0.1, -0.05) is 73.5 Å². The van der Waals surface area contributed by atoms with E-state index in [0.29, 0.717) is 43.6 Å². The molecule has 0 fully saturated rings. The first-order valence-electron chi connectivity index (χ1n) is 14.7. The summed E-state index contributed by atoms with van der Waals surface area (Å²) < 4.78 is 11.2. The quantitative estimate of drug-likeness (QED) is 0.129. The molecule has 2 amide bonds. The highest BCUT2D eigenvalue weighted by molar-refractivity contribution is 5.99. The van der Waals surface area contributed by atoms with Crippen molar-refractivity contribution < 1.29 is 23.5 Å². The van der Waals surface area contributed by atoms with E-state index in [-0.39, 0.29) is 17.5 Å². The Morgan fingerprint density at radius 1 is 0.930 bits per heavy atom. The topological polar surface area (TPSA) is 113 Å². The molecule has 2 aromatic heterocycles. The minimum Gasteiger partial charge on any atom is -0.493 e. The minimum absolute atomic E-state index is 0.111. The van der Waals surface area contributed by atoms with Crippen LogP contribution in [0.3, 0.4) is 0 Å². The summed E-state index contributed by atoms with van der Waals surface area (Å²) in [7, 11) is 1.54. The number of ether oxygens (including phenoxy) is 1. The van der Waals surface area contributed by atoms with Gasteiger partial charge in [0.2, 0.25) is 5.91 Å². The molecule has 43 heavy (non-hydrogen) atoms. The molecule has 0 saturated heterocycles. The number of furan rings is 1. The minimum atomic E-state index is -0.753. The average Bonchev–Trinajstić information content (AvgIpc) is 3.63. The summed E-state index contributed by atoms with van der Waals surface area (Å²) in [4.78, 5) is 41.6. The lowest BCUT2D eigenvalue weighted by molar-refractivity contribution is -0.123. The number of amides is 2. The molecule has 2 heterocycles. The van der Waals surface area contributed by atoms with Crippen molar-refractivity contribution in [3.63, 3.8) is 0 Å². The lowest BCUT2D eigenvalue weighted by atomic mass is 10.0. The summed E-state index contributed by atoms with van der Waals surface area (Å²) in [5, 5.41) is 7.79. The third-order valence-electron chi connectivity index (χ3n) is 7.65. The molecule has 222 valence electrons. The van der Waals surface area contributed by atoms with Gasteiger partial charge in [0.05, 0.1) is 7.11 Å². The lowest BCUT2D eigenvalue weighted by Gasteiger charge is -2.18. The van der Waals surface area contributed by atoms with E-state index in [4.69, 9.17) is 9.15 Å². The Labute approximate surface area is 250 Å². The van der Waals surface area contributed by atoms with Crippen LogP contribution in [0.5, 0.6) is 5.75 Å². The molecule has 3 N–H and O–H groups in total. The van der Waals surface area contributed by atoms with Crippen LogP contribution >= 0.6 is 0 Å². The summed E-state index contributed by atoms with van der Waals surface area (Å²) in [6.07, 6.45) is 3.81. The van der Waals surface area contributed by atoms with Crippen LogP contribution in [-0.2, 0) is 16.0 Å². The second-order valence-corrected chi connectivity index (χ2v) is 10.7. The molecule has 8 nitrogen and oxygen atoms in total. The van der Waals surface area contributed by atoms with Crippen molar-refractivity contribution in [2.45, 2.75) is 51.5 Å². The standard InChI is InChI=1S/C35H37N3O5/c1-23(39)12-5-3-8-18-29(38-35(41)31-22-25-15-11-19-30(42-2)33(25)43-31)34(40)36-21-20-27-26-16-9-10-17-28(26)37-32(27)24-13-6-4-7-14-24/h4,6-7,9-11,13-17,19,22,29,37H,3,5,8,12,18,20-21H2,1-2H3,(H,36,40)(H,38,41)/t29-/m0/s1. The van der Waals surface area contributed by atoms with Crippen molar-refractivity contribution in [1.29, 1.82) is 0 Å². The fraction of sp³-hybridized carbons (Fsp3) is 0.286. The van der Waals surface area contributed by atoms with Crippen molar-refractivity contribution in [3.05, 3.63) is 90.2 Å². The highest BCUT2D eigenvalue weighted by Crippen LogP contribution is 2.31. The number of hydrogen-bond donors (Lipinski definition) is 3. The molecule has 0 aliphatic carbocycles. The number of rotatable bonds is 14. The molecule has 0 bridgehead atoms. The summed E-state index contributed by atoms with van der Waals surface area (Å²) in [5.41, 5.74) is 4.77. The van der Waals surface area contributed by atoms with Gasteiger partial charge in [-0.15, -0.1) is 0 Å². The van der Waals surface area contributed by atoms with Gasteiger partial charge in [-0.05, 0) is 55.5 Å². The number of ketones is 1. The second-order valence-electron chi connectivity index (χ2n) is 10.7. The van der Waals surface area contributed by atoms with Crippen LogP contribution in [0, 0.1) is 0 Å². The zero-order valence-electron chi connectivity index (χ0n) is 24.6. The van der Waals surface area contributed by atoms with Gasteiger partial charge in [0, 0.05) is 34.9 Å². The van der Waals surface area contributed by atoms with E-state index in [2.05, 4.69) is 39.9 Å². The van der Waals surface area contributed by atoms with Crippen LogP contribution in [0.15, 0.2) is 83.3 Å². The monoisotopic (exact) mass is 579 g/mol. The summed E-state index contributed by atoms with van der Waals surface area (Å²) >= 11 is 0. The largest absolute Gasteiger partial charge is 0.493 e. The molecule has 0 radical (unpaired) electrons. The number of carbonyl (C=O) groups is 3.